The molecule has 0 aromatic heterocycles. The van der Waals surface area contributed by atoms with Crippen LogP contribution < -0.4 is 0 Å². The minimum Gasteiger partial charge on any atom is -0.466 e. The third-order valence-corrected chi connectivity index (χ3v) is 6.07. The lowest BCUT2D eigenvalue weighted by Crippen LogP contribution is -2.65. The van der Waals surface area contributed by atoms with E-state index >= 15 is 0 Å². The van der Waals surface area contributed by atoms with E-state index in [0.29, 0.717) is 6.61 Å². The predicted molar refractivity (Wildman–Crippen MR) is 93.5 cm³/mol. The van der Waals surface area contributed by atoms with Gasteiger partial charge < -0.3 is 9.47 Å². The fraction of sp³-hybridized carbons (Fsp3) is 0.947. The molecule has 0 bridgehead atoms. The van der Waals surface area contributed by atoms with Crippen molar-refractivity contribution < 1.29 is 14.3 Å². The lowest BCUT2D eigenvalue weighted by atomic mass is 9.87. The smallest absolute Gasteiger partial charge is 0.308 e. The Kier molecular flexibility index (Phi) is 5.83. The Morgan fingerprint density at radius 1 is 1.12 bits per heavy atom. The molecule has 3 rings (SSSR count). The molecule has 0 aromatic rings. The molecule has 5 heteroatoms. The lowest BCUT2D eigenvalue weighted by Gasteiger charge is -2.54. The first-order chi connectivity index (χ1) is 11.5. The van der Waals surface area contributed by atoms with Crippen LogP contribution in [0.15, 0.2) is 0 Å². The van der Waals surface area contributed by atoms with Gasteiger partial charge in [-0.3, -0.25) is 14.6 Å². The zero-order valence-electron chi connectivity index (χ0n) is 15.6. The van der Waals surface area contributed by atoms with Gasteiger partial charge in [0.05, 0.1) is 18.6 Å². The van der Waals surface area contributed by atoms with Crippen molar-refractivity contribution in [2.75, 3.05) is 26.2 Å². The van der Waals surface area contributed by atoms with Crippen LogP contribution in [0, 0.1) is 5.92 Å². The molecule has 24 heavy (non-hydrogen) atoms. The van der Waals surface area contributed by atoms with E-state index in [1.54, 1.807) is 0 Å². The van der Waals surface area contributed by atoms with Crippen molar-refractivity contribution in [1.29, 1.82) is 0 Å². The van der Waals surface area contributed by atoms with Gasteiger partial charge in [0.1, 0.15) is 0 Å². The number of hydrogen-bond acceptors (Lipinski definition) is 5. The van der Waals surface area contributed by atoms with Crippen molar-refractivity contribution in [2.45, 2.75) is 83.7 Å². The second kappa shape index (κ2) is 7.71. The summed E-state index contributed by atoms with van der Waals surface area (Å²) in [6, 6.07) is 0. The first-order valence-corrected chi connectivity index (χ1v) is 9.84. The number of esters is 1. The minimum absolute atomic E-state index is 0.0177. The fourth-order valence-corrected chi connectivity index (χ4v) is 4.28. The van der Waals surface area contributed by atoms with E-state index in [0.717, 1.165) is 45.3 Å². The topological polar surface area (TPSA) is 42.0 Å². The van der Waals surface area contributed by atoms with Crippen molar-refractivity contribution in [3.8, 4) is 0 Å². The van der Waals surface area contributed by atoms with Gasteiger partial charge >= 0.3 is 5.97 Å². The van der Waals surface area contributed by atoms with Crippen molar-refractivity contribution in [2.24, 2.45) is 5.92 Å². The quantitative estimate of drug-likeness (QED) is 0.697. The standard InChI is InChI=1S/C19H34N2O3/c1-4-23-17(22)15-7-9-16(10-8-15)24-18(20-12-5-6-13-20)21-14-11-19(21,2)3/h15-16,18H,4-14H2,1-3H3/t15-,16-,18?. The lowest BCUT2D eigenvalue weighted by molar-refractivity contribution is -0.234. The van der Waals surface area contributed by atoms with Gasteiger partial charge in [0.2, 0.25) is 0 Å². The number of rotatable bonds is 6. The molecule has 2 aliphatic heterocycles. The Hall–Kier alpha value is -0.650. The Morgan fingerprint density at radius 2 is 1.79 bits per heavy atom. The Labute approximate surface area is 146 Å². The summed E-state index contributed by atoms with van der Waals surface area (Å²) in [5, 5.41) is 0. The molecule has 2 heterocycles. The highest BCUT2D eigenvalue weighted by Gasteiger charge is 2.44. The number of likely N-dealkylation sites (tertiary alicyclic amines) is 2. The number of hydrogen-bond donors (Lipinski definition) is 0. The summed E-state index contributed by atoms with van der Waals surface area (Å²) in [7, 11) is 0. The number of nitrogens with zero attached hydrogens (tertiary/aromatic N) is 2. The largest absolute Gasteiger partial charge is 0.466 e. The summed E-state index contributed by atoms with van der Waals surface area (Å²) >= 11 is 0. The van der Waals surface area contributed by atoms with Gasteiger partial charge in [-0.15, -0.1) is 0 Å². The molecule has 1 aliphatic carbocycles. The molecule has 3 fully saturated rings. The molecular formula is C19H34N2O3. The van der Waals surface area contributed by atoms with Crippen LogP contribution in [0.2, 0.25) is 0 Å². The summed E-state index contributed by atoms with van der Waals surface area (Å²) in [4.78, 5) is 16.9. The molecule has 5 nitrogen and oxygen atoms in total. The predicted octanol–water partition coefficient (Wildman–Crippen LogP) is 2.99. The van der Waals surface area contributed by atoms with Crippen LogP contribution in [0.25, 0.3) is 0 Å². The number of carbonyl (C=O) groups excluding carboxylic acids is 1. The van der Waals surface area contributed by atoms with Crippen LogP contribution in [-0.4, -0.2) is 60.0 Å². The molecule has 1 atom stereocenters. The van der Waals surface area contributed by atoms with Gasteiger partial charge in [-0.2, -0.15) is 0 Å². The first-order valence-electron chi connectivity index (χ1n) is 9.84. The molecule has 0 radical (unpaired) electrons. The van der Waals surface area contributed by atoms with E-state index in [1.807, 2.05) is 6.92 Å². The van der Waals surface area contributed by atoms with Crippen LogP contribution in [0.4, 0.5) is 0 Å². The van der Waals surface area contributed by atoms with E-state index in [2.05, 4.69) is 23.6 Å². The van der Waals surface area contributed by atoms with Crippen LogP contribution in [0.3, 0.4) is 0 Å². The highest BCUT2D eigenvalue weighted by Crippen LogP contribution is 2.36. The van der Waals surface area contributed by atoms with E-state index in [9.17, 15) is 4.79 Å². The molecule has 1 saturated carbocycles. The van der Waals surface area contributed by atoms with Gasteiger partial charge in [-0.05, 0) is 65.7 Å². The maximum absolute atomic E-state index is 11.9. The average molecular weight is 338 g/mol. The summed E-state index contributed by atoms with van der Waals surface area (Å²) in [6.07, 6.45) is 7.96. The minimum atomic E-state index is -0.0177. The molecular weight excluding hydrogens is 304 g/mol. The van der Waals surface area contributed by atoms with Gasteiger partial charge in [0.15, 0.2) is 6.35 Å². The SMILES string of the molecule is CCOC(=O)[C@H]1CC[C@H](OC(N2CCCC2)N2CCC2(C)C)CC1. The van der Waals surface area contributed by atoms with E-state index in [4.69, 9.17) is 9.47 Å². The second-order valence-electron chi connectivity index (χ2n) is 8.19. The summed E-state index contributed by atoms with van der Waals surface area (Å²) in [6.45, 7) is 10.4. The van der Waals surface area contributed by atoms with E-state index in [1.165, 1.54) is 19.3 Å². The second-order valence-corrected chi connectivity index (χ2v) is 8.19. The van der Waals surface area contributed by atoms with Crippen LogP contribution >= 0.6 is 0 Å². The Bertz CT molecular complexity index is 426. The Balaban J connectivity index is 1.55. The van der Waals surface area contributed by atoms with Crippen LogP contribution in [0.5, 0.6) is 0 Å². The normalized spacial score (nSPS) is 32.3. The van der Waals surface area contributed by atoms with Crippen molar-refractivity contribution in [1.82, 2.24) is 9.80 Å². The van der Waals surface area contributed by atoms with Crippen molar-refractivity contribution in [3.63, 3.8) is 0 Å². The zero-order valence-corrected chi connectivity index (χ0v) is 15.6. The molecule has 0 amide bonds. The number of ether oxygens (including phenoxy) is 2. The first kappa shape index (κ1) is 18.2. The third-order valence-electron chi connectivity index (χ3n) is 6.07. The number of carbonyl (C=O) groups is 1. The molecule has 138 valence electrons. The van der Waals surface area contributed by atoms with Gasteiger partial charge in [0.25, 0.3) is 0 Å². The molecule has 1 unspecified atom stereocenters. The Morgan fingerprint density at radius 3 is 2.29 bits per heavy atom. The molecule has 3 aliphatic rings. The highest BCUT2D eigenvalue weighted by atomic mass is 16.5. The summed E-state index contributed by atoms with van der Waals surface area (Å²) in [5.74, 6) is 0.0615. The zero-order chi connectivity index (χ0) is 17.2. The third kappa shape index (κ3) is 3.94. The van der Waals surface area contributed by atoms with Crippen molar-refractivity contribution >= 4 is 5.97 Å². The summed E-state index contributed by atoms with van der Waals surface area (Å²) < 4.78 is 11.8. The average Bonchev–Trinajstić information content (AvgIpc) is 3.08. The van der Waals surface area contributed by atoms with Crippen molar-refractivity contribution in [3.05, 3.63) is 0 Å². The molecule has 0 aromatic carbocycles. The maximum Gasteiger partial charge on any atom is 0.308 e. The highest BCUT2D eigenvalue weighted by molar-refractivity contribution is 5.72. The maximum atomic E-state index is 11.9. The van der Waals surface area contributed by atoms with Gasteiger partial charge in [-0.1, -0.05) is 0 Å². The van der Waals surface area contributed by atoms with E-state index < -0.39 is 0 Å². The summed E-state index contributed by atoms with van der Waals surface area (Å²) in [5.41, 5.74) is 0.245. The molecule has 0 N–H and O–H groups in total. The molecule has 2 saturated heterocycles. The van der Waals surface area contributed by atoms with Crippen LogP contribution in [-0.2, 0) is 14.3 Å². The van der Waals surface area contributed by atoms with E-state index in [-0.39, 0.29) is 29.9 Å². The fourth-order valence-electron chi connectivity index (χ4n) is 4.28. The van der Waals surface area contributed by atoms with Crippen LogP contribution in [0.1, 0.15) is 65.7 Å². The monoisotopic (exact) mass is 338 g/mol. The molecule has 0 spiro atoms. The van der Waals surface area contributed by atoms with Gasteiger partial charge in [-0.25, -0.2) is 0 Å². The van der Waals surface area contributed by atoms with Gasteiger partial charge in [0, 0.05) is 25.2 Å².